The van der Waals surface area contributed by atoms with Crippen LogP contribution in [0.3, 0.4) is 0 Å². The van der Waals surface area contributed by atoms with Crippen molar-refractivity contribution in [3.05, 3.63) is 29.8 Å². The number of benzene rings is 1. The van der Waals surface area contributed by atoms with Crippen molar-refractivity contribution in [3.8, 4) is 5.75 Å². The quantitative estimate of drug-likeness (QED) is 0.716. The van der Waals surface area contributed by atoms with E-state index >= 15 is 0 Å². The highest BCUT2D eigenvalue weighted by atomic mass is 16.6. The van der Waals surface area contributed by atoms with Gasteiger partial charge < -0.3 is 29.9 Å². The average Bonchev–Trinajstić information content (AvgIpc) is 2.72. The highest BCUT2D eigenvalue weighted by molar-refractivity contribution is 5.84. The van der Waals surface area contributed by atoms with Crippen LogP contribution in [0.4, 0.5) is 9.59 Å². The lowest BCUT2D eigenvalue weighted by atomic mass is 10.1. The first-order valence-electron chi connectivity index (χ1n) is 9.38. The van der Waals surface area contributed by atoms with Gasteiger partial charge in [0.2, 0.25) is 5.91 Å². The first kappa shape index (κ1) is 21.3. The summed E-state index contributed by atoms with van der Waals surface area (Å²) in [5.74, 6) is 0.602. The molecule has 0 saturated carbocycles. The van der Waals surface area contributed by atoms with E-state index in [1.165, 1.54) is 0 Å². The maximum absolute atomic E-state index is 12.2. The molecule has 0 aliphatic carbocycles. The van der Waals surface area contributed by atoms with Gasteiger partial charge in [0.15, 0.2) is 0 Å². The summed E-state index contributed by atoms with van der Waals surface area (Å²) in [6.07, 6.45) is 0.267. The summed E-state index contributed by atoms with van der Waals surface area (Å²) in [6.45, 7) is 4.13. The number of hydrogen-bond acceptors (Lipinski definition) is 5. The molecule has 1 saturated heterocycles. The van der Waals surface area contributed by atoms with Crippen molar-refractivity contribution in [2.24, 2.45) is 0 Å². The van der Waals surface area contributed by atoms with Gasteiger partial charge in [-0.1, -0.05) is 18.2 Å². The van der Waals surface area contributed by atoms with E-state index in [-0.39, 0.29) is 18.5 Å². The Hall–Kier alpha value is -2.97. The van der Waals surface area contributed by atoms with Gasteiger partial charge in [0.1, 0.15) is 5.75 Å². The van der Waals surface area contributed by atoms with Crippen molar-refractivity contribution in [3.63, 3.8) is 0 Å². The Morgan fingerprint density at radius 1 is 1.04 bits per heavy atom. The zero-order valence-corrected chi connectivity index (χ0v) is 16.4. The Morgan fingerprint density at radius 2 is 1.71 bits per heavy atom. The van der Waals surface area contributed by atoms with Crippen LogP contribution in [-0.4, -0.2) is 80.8 Å². The third-order valence-corrected chi connectivity index (χ3v) is 4.43. The number of rotatable bonds is 7. The van der Waals surface area contributed by atoms with Crippen LogP contribution in [0, 0.1) is 0 Å². The molecule has 2 rings (SSSR count). The van der Waals surface area contributed by atoms with E-state index in [4.69, 9.17) is 9.47 Å². The summed E-state index contributed by atoms with van der Waals surface area (Å²) >= 11 is 0. The Morgan fingerprint density at radius 3 is 2.39 bits per heavy atom. The van der Waals surface area contributed by atoms with Gasteiger partial charge in [-0.25, -0.2) is 9.59 Å². The Balaban J connectivity index is 1.64. The van der Waals surface area contributed by atoms with Gasteiger partial charge in [-0.2, -0.15) is 0 Å². The summed E-state index contributed by atoms with van der Waals surface area (Å²) in [5.41, 5.74) is 1.00. The summed E-state index contributed by atoms with van der Waals surface area (Å²) in [4.78, 5) is 39.0. The minimum atomic E-state index is -0.395. The maximum atomic E-state index is 12.2. The van der Waals surface area contributed by atoms with Gasteiger partial charge in [-0.15, -0.1) is 0 Å². The summed E-state index contributed by atoms with van der Waals surface area (Å²) in [7, 11) is 1.61. The number of hydrogen-bond donors (Lipinski definition) is 2. The second-order valence-corrected chi connectivity index (χ2v) is 6.24. The van der Waals surface area contributed by atoms with Crippen LogP contribution in [-0.2, 0) is 16.0 Å². The van der Waals surface area contributed by atoms with Crippen LogP contribution >= 0.6 is 0 Å². The predicted octanol–water partition coefficient (Wildman–Crippen LogP) is 0.838. The first-order valence-corrected chi connectivity index (χ1v) is 9.38. The summed E-state index contributed by atoms with van der Waals surface area (Å²) < 4.78 is 10.2. The Bertz CT molecular complexity index is 674. The molecule has 0 bridgehead atoms. The second-order valence-electron chi connectivity index (χ2n) is 6.24. The minimum absolute atomic E-state index is 0.0834. The molecule has 9 nitrogen and oxygen atoms in total. The molecule has 1 aromatic carbocycles. The fraction of sp³-hybridized carbons (Fsp3) is 0.526. The zero-order chi connectivity index (χ0) is 20.4. The number of carbonyl (C=O) groups is 3. The number of nitrogens with zero attached hydrogens (tertiary/aromatic N) is 2. The molecular weight excluding hydrogens is 364 g/mol. The molecule has 0 unspecified atom stereocenters. The van der Waals surface area contributed by atoms with Gasteiger partial charge in [-0.3, -0.25) is 4.79 Å². The van der Waals surface area contributed by atoms with E-state index in [1.54, 1.807) is 23.8 Å². The molecule has 1 aliphatic rings. The van der Waals surface area contributed by atoms with E-state index in [9.17, 15) is 14.4 Å². The molecule has 1 heterocycles. The van der Waals surface area contributed by atoms with Gasteiger partial charge in [0.25, 0.3) is 0 Å². The predicted molar refractivity (Wildman–Crippen MR) is 103 cm³/mol. The van der Waals surface area contributed by atoms with E-state index in [2.05, 4.69) is 10.6 Å². The summed E-state index contributed by atoms with van der Waals surface area (Å²) in [5, 5.41) is 5.30. The molecule has 0 aromatic heterocycles. The molecule has 0 spiro atoms. The zero-order valence-electron chi connectivity index (χ0n) is 16.4. The van der Waals surface area contributed by atoms with Crippen molar-refractivity contribution in [2.45, 2.75) is 13.3 Å². The molecule has 28 heavy (non-hydrogen) atoms. The number of piperazine rings is 1. The highest BCUT2D eigenvalue weighted by Crippen LogP contribution is 2.17. The van der Waals surface area contributed by atoms with E-state index in [0.717, 1.165) is 11.3 Å². The lowest BCUT2D eigenvalue weighted by Gasteiger charge is -2.34. The van der Waals surface area contributed by atoms with Crippen molar-refractivity contribution < 1.29 is 23.9 Å². The van der Waals surface area contributed by atoms with Gasteiger partial charge in [0.05, 0.1) is 20.3 Å². The van der Waals surface area contributed by atoms with Crippen LogP contribution in [0.15, 0.2) is 24.3 Å². The largest absolute Gasteiger partial charge is 0.496 e. The summed E-state index contributed by atoms with van der Waals surface area (Å²) in [6, 6.07) is 7.22. The van der Waals surface area contributed by atoms with Crippen molar-refractivity contribution >= 4 is 18.0 Å². The number of nitrogens with one attached hydrogen (secondary N) is 2. The normalized spacial score (nSPS) is 13.6. The molecule has 2 N–H and O–H groups in total. The molecule has 1 fully saturated rings. The van der Waals surface area contributed by atoms with Crippen LogP contribution < -0.4 is 15.4 Å². The van der Waals surface area contributed by atoms with Crippen LogP contribution in [0.25, 0.3) is 0 Å². The number of ether oxygens (including phenoxy) is 2. The second kappa shape index (κ2) is 11.0. The molecule has 1 aliphatic heterocycles. The van der Waals surface area contributed by atoms with Crippen molar-refractivity contribution in [1.29, 1.82) is 0 Å². The van der Waals surface area contributed by atoms with E-state index in [0.29, 0.717) is 45.8 Å². The molecule has 0 atom stereocenters. The monoisotopic (exact) mass is 392 g/mol. The number of carbonyl (C=O) groups excluding carboxylic acids is 3. The number of para-hydroxylation sites is 1. The third kappa shape index (κ3) is 6.33. The van der Waals surface area contributed by atoms with Crippen molar-refractivity contribution in [1.82, 2.24) is 20.4 Å². The van der Waals surface area contributed by atoms with E-state index in [1.807, 2.05) is 24.3 Å². The third-order valence-electron chi connectivity index (χ3n) is 4.43. The van der Waals surface area contributed by atoms with Crippen LogP contribution in [0.2, 0.25) is 0 Å². The topological polar surface area (TPSA) is 100 Å². The number of methoxy groups -OCH3 is 1. The van der Waals surface area contributed by atoms with Crippen LogP contribution in [0.1, 0.15) is 12.5 Å². The number of amides is 4. The van der Waals surface area contributed by atoms with Crippen LogP contribution in [0.5, 0.6) is 5.75 Å². The molecule has 4 amide bonds. The average molecular weight is 392 g/mol. The molecule has 1 aromatic rings. The standard InChI is InChI=1S/C19H28N4O5/c1-3-28-19(26)23-12-10-22(11-13-23)17(24)14-21-18(25)20-9-8-15-6-4-5-7-16(15)27-2/h4-7H,3,8-14H2,1-2H3,(H2,20,21,25). The smallest absolute Gasteiger partial charge is 0.409 e. The van der Waals surface area contributed by atoms with E-state index < -0.39 is 6.03 Å². The Kier molecular flexibility index (Phi) is 8.38. The highest BCUT2D eigenvalue weighted by Gasteiger charge is 2.24. The van der Waals surface area contributed by atoms with Gasteiger partial charge in [-0.05, 0) is 25.0 Å². The number of urea groups is 1. The fourth-order valence-electron chi connectivity index (χ4n) is 2.90. The molecule has 0 radical (unpaired) electrons. The van der Waals surface area contributed by atoms with Gasteiger partial charge >= 0.3 is 12.1 Å². The fourth-order valence-corrected chi connectivity index (χ4v) is 2.90. The SMILES string of the molecule is CCOC(=O)N1CCN(C(=O)CNC(=O)NCCc2ccccc2OC)CC1. The first-order chi connectivity index (χ1) is 13.5. The lowest BCUT2D eigenvalue weighted by Crippen LogP contribution is -2.53. The molecule has 154 valence electrons. The molecule has 9 heteroatoms. The van der Waals surface area contributed by atoms with Gasteiger partial charge in [0, 0.05) is 32.7 Å². The molecular formula is C19H28N4O5. The maximum Gasteiger partial charge on any atom is 0.409 e. The lowest BCUT2D eigenvalue weighted by molar-refractivity contribution is -0.131. The van der Waals surface area contributed by atoms with Crippen molar-refractivity contribution in [2.75, 3.05) is 53.0 Å². The minimum Gasteiger partial charge on any atom is -0.496 e. The Labute approximate surface area is 165 Å².